The van der Waals surface area contributed by atoms with Crippen LogP contribution in [0, 0.1) is 17.9 Å². The number of carbonyl (C=O) groups excluding carboxylic acids is 1. The molecule has 42 heavy (non-hydrogen) atoms. The van der Waals surface area contributed by atoms with Crippen molar-refractivity contribution in [3.63, 3.8) is 0 Å². The van der Waals surface area contributed by atoms with E-state index in [1.165, 1.54) is 0 Å². The van der Waals surface area contributed by atoms with Crippen molar-refractivity contribution in [2.75, 3.05) is 67.3 Å². The van der Waals surface area contributed by atoms with E-state index in [9.17, 15) is 4.79 Å². The number of nitrogens with one attached hydrogen (secondary N) is 2. The summed E-state index contributed by atoms with van der Waals surface area (Å²) in [4.78, 5) is 28.1. The fraction of sp³-hybridized carbons (Fsp3) is 0.562. The number of methoxy groups -OCH3 is 1. The van der Waals surface area contributed by atoms with Gasteiger partial charge in [0.05, 0.1) is 32.6 Å². The van der Waals surface area contributed by atoms with Crippen molar-refractivity contribution >= 4 is 25.6 Å². The Balaban J connectivity index is 2.77. The molecule has 0 bridgehead atoms. The molecule has 10 nitrogen and oxygen atoms in total. The molecular weight excluding hydrogens is 530 g/mol. The first-order valence-corrected chi connectivity index (χ1v) is 14.3. The molecule has 1 fully saturated rings. The fourth-order valence-electron chi connectivity index (χ4n) is 4.13. The largest absolute Gasteiger partial charge is 0.501 e. The molecule has 1 saturated heterocycles. The number of hydrogen-bond donors (Lipinski definition) is 2. The molecule has 0 aromatic heterocycles. The minimum atomic E-state index is 0.00668. The van der Waals surface area contributed by atoms with E-state index in [-0.39, 0.29) is 18.0 Å². The molecule has 3 unspecified atom stereocenters. The van der Waals surface area contributed by atoms with Crippen LogP contribution in [0.15, 0.2) is 62.4 Å². The van der Waals surface area contributed by atoms with Gasteiger partial charge in [0.15, 0.2) is 0 Å². The van der Waals surface area contributed by atoms with Crippen molar-refractivity contribution in [3.8, 4) is 12.0 Å². The highest BCUT2D eigenvalue weighted by Gasteiger charge is 2.28. The number of rotatable bonds is 19. The normalized spacial score (nSPS) is 17.2. The van der Waals surface area contributed by atoms with E-state index in [4.69, 9.17) is 9.47 Å². The maximum Gasteiger partial charge on any atom is 0.207 e. The summed E-state index contributed by atoms with van der Waals surface area (Å²) in [6, 6.07) is 3.03. The monoisotopic (exact) mass is 581 g/mol. The molecule has 0 aliphatic carbocycles. The summed E-state index contributed by atoms with van der Waals surface area (Å²) in [6.07, 6.45) is 11.9. The lowest BCUT2D eigenvalue weighted by atomic mass is 9.92. The molecule has 0 spiro atoms. The number of amides is 1. The number of hydrogen-bond acceptors (Lipinski definition) is 9. The second kappa shape index (κ2) is 22.0. The molecule has 2 N–H and O–H groups in total. The van der Waals surface area contributed by atoms with Crippen LogP contribution in [0.1, 0.15) is 33.6 Å². The van der Waals surface area contributed by atoms with Gasteiger partial charge in [0.2, 0.25) is 6.41 Å². The molecule has 0 aromatic rings. The maximum absolute atomic E-state index is 11.1. The predicted molar refractivity (Wildman–Crippen MR) is 175 cm³/mol. The standard InChI is InChI=1S/C32H51N7O3/c1-26(22-34-13-9-15-38(6)7)10-11-30(12-14-33-5)23-35-24-36-27(2)20-31(41-8)21-32(28(3)29(4)37-25-40)39-16-18-42-19-17-39/h10,12,21-23,25,28-29,32,36H,2,5,11,13-14,16-20,24H2,1,3-4,6-8H3,(H,37,40)/b26-10-,30-12+,31-21+,34-22+,35-23-. The molecule has 1 aliphatic rings. The summed E-state index contributed by atoms with van der Waals surface area (Å²) in [5, 5.41) is 6.18. The van der Waals surface area contributed by atoms with E-state index in [2.05, 4.69) is 74.8 Å². The molecule has 1 heterocycles. The molecule has 1 amide bonds. The SMILES string of the molecule is C=NC/C=C(/C=N\CNC(=C)C/C(=C\C(C(C)C(C)NC=O)N1CCOCC1)OC)C/C=C(C)\C=N\CC#CN(C)C. The topological polar surface area (TPSA) is 103 Å². The van der Waals surface area contributed by atoms with E-state index in [0.29, 0.717) is 45.8 Å². The Labute approximate surface area is 253 Å². The molecule has 0 radical (unpaired) electrons. The number of aliphatic imine (C=N–C) groups is 3. The van der Waals surface area contributed by atoms with Gasteiger partial charge in [-0.05, 0) is 50.1 Å². The summed E-state index contributed by atoms with van der Waals surface area (Å²) in [6.45, 7) is 18.3. The summed E-state index contributed by atoms with van der Waals surface area (Å²) in [5.74, 6) is 3.96. The number of carbonyl (C=O) groups is 1. The van der Waals surface area contributed by atoms with Gasteiger partial charge in [-0.15, -0.1) is 0 Å². The Morgan fingerprint density at radius 1 is 1.19 bits per heavy atom. The van der Waals surface area contributed by atoms with Crippen LogP contribution in [0.4, 0.5) is 0 Å². The van der Waals surface area contributed by atoms with Crippen molar-refractivity contribution in [1.29, 1.82) is 0 Å². The first-order valence-electron chi connectivity index (χ1n) is 14.3. The molecule has 0 saturated carbocycles. The number of ether oxygens (including phenoxy) is 2. The second-order valence-electron chi connectivity index (χ2n) is 10.3. The molecule has 1 aliphatic heterocycles. The summed E-state index contributed by atoms with van der Waals surface area (Å²) >= 11 is 0. The van der Waals surface area contributed by atoms with Gasteiger partial charge in [0, 0.05) is 69.9 Å². The van der Waals surface area contributed by atoms with Gasteiger partial charge < -0.3 is 25.0 Å². The highest BCUT2D eigenvalue weighted by Crippen LogP contribution is 2.21. The number of allylic oxidation sites excluding steroid dienone is 3. The third-order valence-corrected chi connectivity index (χ3v) is 6.72. The van der Waals surface area contributed by atoms with Crippen LogP contribution >= 0.6 is 0 Å². The lowest BCUT2D eigenvalue weighted by Crippen LogP contribution is -2.50. The number of morpholine rings is 1. The van der Waals surface area contributed by atoms with E-state index in [1.807, 2.05) is 46.4 Å². The Kier molecular flexibility index (Phi) is 19.0. The Morgan fingerprint density at radius 2 is 1.93 bits per heavy atom. The smallest absolute Gasteiger partial charge is 0.207 e. The van der Waals surface area contributed by atoms with Gasteiger partial charge in [-0.2, -0.15) is 0 Å². The average molecular weight is 582 g/mol. The first-order chi connectivity index (χ1) is 20.2. The van der Waals surface area contributed by atoms with Crippen molar-refractivity contribution in [2.24, 2.45) is 20.9 Å². The first kappa shape index (κ1) is 36.3. The van der Waals surface area contributed by atoms with Gasteiger partial charge in [0.25, 0.3) is 0 Å². The van der Waals surface area contributed by atoms with Crippen molar-refractivity contribution in [1.82, 2.24) is 20.4 Å². The lowest BCUT2D eigenvalue weighted by molar-refractivity contribution is -0.110. The molecular formula is C32H51N7O3. The zero-order valence-corrected chi connectivity index (χ0v) is 26.4. The van der Waals surface area contributed by atoms with Crippen LogP contribution in [-0.4, -0.2) is 115 Å². The van der Waals surface area contributed by atoms with Gasteiger partial charge >= 0.3 is 0 Å². The maximum atomic E-state index is 11.1. The zero-order valence-electron chi connectivity index (χ0n) is 26.4. The quantitative estimate of drug-likeness (QED) is 0.0799. The summed E-state index contributed by atoms with van der Waals surface area (Å²) in [7, 11) is 5.47. The van der Waals surface area contributed by atoms with Crippen LogP contribution in [0.2, 0.25) is 0 Å². The molecule has 0 aromatic carbocycles. The Bertz CT molecular complexity index is 1040. The van der Waals surface area contributed by atoms with E-state index < -0.39 is 0 Å². The van der Waals surface area contributed by atoms with E-state index >= 15 is 0 Å². The third kappa shape index (κ3) is 15.9. The molecule has 10 heteroatoms. The highest BCUT2D eigenvalue weighted by atomic mass is 16.5. The Morgan fingerprint density at radius 3 is 2.57 bits per heavy atom. The molecule has 1 rings (SSSR count). The van der Waals surface area contributed by atoms with Crippen molar-refractivity contribution < 1.29 is 14.3 Å². The summed E-state index contributed by atoms with van der Waals surface area (Å²) in [5.41, 5.74) is 2.89. The number of nitrogens with zero attached hydrogens (tertiary/aromatic N) is 5. The van der Waals surface area contributed by atoms with E-state index in [1.54, 1.807) is 12.0 Å². The van der Waals surface area contributed by atoms with Crippen LogP contribution < -0.4 is 10.6 Å². The molecule has 232 valence electrons. The van der Waals surface area contributed by atoms with Gasteiger partial charge in [-0.25, -0.2) is 0 Å². The van der Waals surface area contributed by atoms with Gasteiger partial charge in [-0.3, -0.25) is 24.7 Å². The van der Waals surface area contributed by atoms with Crippen molar-refractivity contribution in [2.45, 2.75) is 45.7 Å². The third-order valence-electron chi connectivity index (χ3n) is 6.72. The minimum Gasteiger partial charge on any atom is -0.501 e. The predicted octanol–water partition coefficient (Wildman–Crippen LogP) is 3.07. The summed E-state index contributed by atoms with van der Waals surface area (Å²) < 4.78 is 11.3. The van der Waals surface area contributed by atoms with E-state index in [0.717, 1.165) is 42.1 Å². The minimum absolute atomic E-state index is 0.00668. The lowest BCUT2D eigenvalue weighted by Gasteiger charge is -2.38. The van der Waals surface area contributed by atoms with Crippen LogP contribution in [-0.2, 0) is 14.3 Å². The van der Waals surface area contributed by atoms with Crippen molar-refractivity contribution in [3.05, 3.63) is 47.4 Å². The van der Waals surface area contributed by atoms with Crippen LogP contribution in [0.5, 0.6) is 0 Å². The highest BCUT2D eigenvalue weighted by molar-refractivity contribution is 5.81. The fourth-order valence-corrected chi connectivity index (χ4v) is 4.13. The molecule has 3 atom stereocenters. The van der Waals surface area contributed by atoms with Crippen LogP contribution in [0.25, 0.3) is 0 Å². The average Bonchev–Trinajstić information content (AvgIpc) is 2.98. The van der Waals surface area contributed by atoms with Crippen LogP contribution in [0.3, 0.4) is 0 Å². The second-order valence-corrected chi connectivity index (χ2v) is 10.3. The Hall–Kier alpha value is -3.68. The zero-order chi connectivity index (χ0) is 31.2. The van der Waals surface area contributed by atoms with Gasteiger partial charge in [0.1, 0.15) is 13.2 Å². The van der Waals surface area contributed by atoms with Gasteiger partial charge in [-0.1, -0.05) is 31.6 Å².